The number of hydrogen-bond acceptors (Lipinski definition) is 3. The SMILES string of the molecule is CC(C)C(=O)N1CC[C@]2(S(=O)(=O)c3ccc(F)cc3)c3ccc(C(F)(C(F)(F)F)C(F)(F)F)cc3CC[C@H]12. The van der Waals surface area contributed by atoms with Gasteiger partial charge in [-0.2, -0.15) is 26.3 Å². The van der Waals surface area contributed by atoms with Crippen LogP contribution in [0.1, 0.15) is 43.4 Å². The number of rotatable bonds is 4. The van der Waals surface area contributed by atoms with E-state index in [-0.39, 0.29) is 47.7 Å². The third-order valence-electron chi connectivity index (χ3n) is 7.45. The first kappa shape index (κ1) is 28.3. The molecule has 4 rings (SSSR count). The zero-order valence-electron chi connectivity index (χ0n) is 20.1. The number of likely N-dealkylation sites (tertiary alicyclic amines) is 1. The van der Waals surface area contributed by atoms with E-state index in [1.165, 1.54) is 4.90 Å². The maximum absolute atomic E-state index is 14.8. The quantitative estimate of drug-likeness (QED) is 0.336. The van der Waals surface area contributed by atoms with Crippen LogP contribution >= 0.6 is 0 Å². The van der Waals surface area contributed by atoms with E-state index in [4.69, 9.17) is 0 Å². The molecule has 1 aliphatic heterocycles. The molecule has 2 aromatic rings. The lowest BCUT2D eigenvalue weighted by molar-refractivity contribution is -0.348. The summed E-state index contributed by atoms with van der Waals surface area (Å²) in [4.78, 5) is 14.0. The number of hydrogen-bond donors (Lipinski definition) is 0. The van der Waals surface area contributed by atoms with Crippen molar-refractivity contribution >= 4 is 15.7 Å². The molecule has 1 heterocycles. The van der Waals surface area contributed by atoms with Gasteiger partial charge in [0.05, 0.1) is 10.9 Å². The number of nitrogens with zero attached hydrogens (tertiary/aromatic N) is 1. The predicted molar refractivity (Wildman–Crippen MR) is 120 cm³/mol. The van der Waals surface area contributed by atoms with Crippen LogP contribution in [0.2, 0.25) is 0 Å². The summed E-state index contributed by atoms with van der Waals surface area (Å²) in [6.07, 6.45) is -13.2. The summed E-state index contributed by atoms with van der Waals surface area (Å²) in [5.41, 5.74) is -7.69. The second-order valence-corrected chi connectivity index (χ2v) is 12.1. The first-order valence-corrected chi connectivity index (χ1v) is 13.1. The van der Waals surface area contributed by atoms with Crippen molar-refractivity contribution in [2.24, 2.45) is 5.92 Å². The van der Waals surface area contributed by atoms with E-state index in [0.29, 0.717) is 12.1 Å². The van der Waals surface area contributed by atoms with Gasteiger partial charge in [-0.1, -0.05) is 32.0 Å². The van der Waals surface area contributed by atoms with Crippen molar-refractivity contribution in [3.63, 3.8) is 0 Å². The van der Waals surface area contributed by atoms with Crippen molar-refractivity contribution in [2.45, 2.75) is 66.8 Å². The van der Waals surface area contributed by atoms with Crippen LogP contribution in [0, 0.1) is 11.7 Å². The van der Waals surface area contributed by atoms with E-state index in [2.05, 4.69) is 0 Å². The lowest BCUT2D eigenvalue weighted by atomic mass is 9.76. The van der Waals surface area contributed by atoms with Crippen LogP contribution in [0.3, 0.4) is 0 Å². The molecule has 1 saturated heterocycles. The smallest absolute Gasteiger partial charge is 0.337 e. The molecule has 1 amide bonds. The molecule has 4 nitrogen and oxygen atoms in total. The van der Waals surface area contributed by atoms with Crippen molar-refractivity contribution in [3.05, 3.63) is 65.0 Å². The monoisotopic (exact) mass is 569 g/mol. The summed E-state index contributed by atoms with van der Waals surface area (Å²) in [7, 11) is -4.49. The molecule has 38 heavy (non-hydrogen) atoms. The minimum atomic E-state index is -6.33. The number of alkyl halides is 7. The lowest BCUT2D eigenvalue weighted by Gasteiger charge is -2.43. The number of amides is 1. The summed E-state index contributed by atoms with van der Waals surface area (Å²) in [6.45, 7) is 3.17. The van der Waals surface area contributed by atoms with Gasteiger partial charge in [-0.3, -0.25) is 4.79 Å². The highest BCUT2D eigenvalue weighted by Gasteiger charge is 2.73. The van der Waals surface area contributed by atoms with Gasteiger partial charge in [-0.15, -0.1) is 0 Å². The maximum Gasteiger partial charge on any atom is 0.435 e. The molecule has 0 radical (unpaired) electrons. The molecule has 2 atom stereocenters. The van der Waals surface area contributed by atoms with Crippen LogP contribution in [-0.4, -0.2) is 44.2 Å². The summed E-state index contributed by atoms with van der Waals surface area (Å²) < 4.78 is 135. The topological polar surface area (TPSA) is 54.5 Å². The zero-order valence-corrected chi connectivity index (χ0v) is 20.9. The Kier molecular flexibility index (Phi) is 6.65. The number of benzene rings is 2. The van der Waals surface area contributed by atoms with E-state index >= 15 is 0 Å². The number of sulfone groups is 1. The van der Waals surface area contributed by atoms with Crippen LogP contribution < -0.4 is 0 Å². The molecule has 0 unspecified atom stereocenters. The van der Waals surface area contributed by atoms with Crippen LogP contribution in [0.4, 0.5) is 35.1 Å². The van der Waals surface area contributed by atoms with Gasteiger partial charge in [0.2, 0.25) is 5.91 Å². The standard InChI is InChI=1S/C25H23F8NO3S/c1-14(2)21(35)34-12-11-22(38(36,37)18-7-5-17(26)6-8-18)19-9-4-16(13-15(19)3-10-20(22)34)23(27,24(28,29)30)25(31,32)33/h4-9,13-14,20H,3,10-12H2,1-2H3/t20-,22-/m0/s1. The number of aryl methyl sites for hydroxylation is 1. The number of carbonyl (C=O) groups excluding carboxylic acids is 1. The van der Waals surface area contributed by atoms with E-state index in [1.54, 1.807) is 13.8 Å². The number of carbonyl (C=O) groups is 1. The molecule has 0 N–H and O–H groups in total. The van der Waals surface area contributed by atoms with Crippen LogP contribution in [0.25, 0.3) is 0 Å². The van der Waals surface area contributed by atoms with Crippen molar-refractivity contribution in [3.8, 4) is 0 Å². The van der Waals surface area contributed by atoms with Gasteiger partial charge in [0, 0.05) is 18.0 Å². The Morgan fingerprint density at radius 3 is 2.08 bits per heavy atom. The Labute approximate surface area is 213 Å². The highest BCUT2D eigenvalue weighted by molar-refractivity contribution is 7.92. The maximum atomic E-state index is 14.8. The Hall–Kier alpha value is -2.70. The first-order chi connectivity index (χ1) is 17.4. The molecule has 208 valence electrons. The second-order valence-electron chi connectivity index (χ2n) is 9.86. The molecule has 0 saturated carbocycles. The van der Waals surface area contributed by atoms with Crippen LogP contribution in [-0.2, 0) is 31.5 Å². The fourth-order valence-corrected chi connectivity index (χ4v) is 8.02. The van der Waals surface area contributed by atoms with Gasteiger partial charge in [0.25, 0.3) is 0 Å². The fraction of sp³-hybridized carbons (Fsp3) is 0.480. The molecule has 2 aromatic carbocycles. The predicted octanol–water partition coefficient (Wildman–Crippen LogP) is 5.99. The van der Waals surface area contributed by atoms with Crippen LogP contribution in [0.15, 0.2) is 47.4 Å². The Morgan fingerprint density at radius 2 is 1.55 bits per heavy atom. The minimum absolute atomic E-state index is 0.0402. The van der Waals surface area contributed by atoms with Crippen molar-refractivity contribution < 1.29 is 48.3 Å². The Balaban J connectivity index is 1.97. The third-order valence-corrected chi connectivity index (χ3v) is 9.99. The zero-order chi connectivity index (χ0) is 28.5. The third kappa shape index (κ3) is 3.91. The molecule has 0 bridgehead atoms. The average Bonchev–Trinajstić information content (AvgIpc) is 3.23. The van der Waals surface area contributed by atoms with Crippen LogP contribution in [0.5, 0.6) is 0 Å². The van der Waals surface area contributed by atoms with Gasteiger partial charge in [-0.05, 0) is 54.7 Å². The molecular weight excluding hydrogens is 546 g/mol. The van der Waals surface area contributed by atoms with Gasteiger partial charge >= 0.3 is 18.0 Å². The van der Waals surface area contributed by atoms with Crippen molar-refractivity contribution in [2.75, 3.05) is 6.54 Å². The summed E-state index contributed by atoms with van der Waals surface area (Å²) in [6, 6.07) is 4.33. The van der Waals surface area contributed by atoms with Gasteiger partial charge in [0.15, 0.2) is 9.84 Å². The van der Waals surface area contributed by atoms with Crippen molar-refractivity contribution in [1.82, 2.24) is 4.90 Å². The Morgan fingerprint density at radius 1 is 0.974 bits per heavy atom. The fourth-order valence-electron chi connectivity index (χ4n) is 5.65. The highest BCUT2D eigenvalue weighted by atomic mass is 32.2. The van der Waals surface area contributed by atoms with Gasteiger partial charge < -0.3 is 4.90 Å². The van der Waals surface area contributed by atoms with Gasteiger partial charge in [0.1, 0.15) is 10.6 Å². The summed E-state index contributed by atoms with van der Waals surface area (Å²) in [5.74, 6) is -1.62. The van der Waals surface area contributed by atoms with Crippen molar-refractivity contribution in [1.29, 1.82) is 0 Å². The first-order valence-electron chi connectivity index (χ1n) is 11.7. The van der Waals surface area contributed by atoms with E-state index in [9.17, 15) is 48.3 Å². The second kappa shape index (κ2) is 8.92. The molecule has 2 aliphatic rings. The molecular formula is C25H23F8NO3S. The van der Waals surface area contributed by atoms with E-state index in [1.807, 2.05) is 0 Å². The average molecular weight is 570 g/mol. The highest BCUT2D eigenvalue weighted by Crippen LogP contribution is 2.56. The molecule has 1 aliphatic carbocycles. The molecule has 0 spiro atoms. The lowest BCUT2D eigenvalue weighted by Crippen LogP contribution is -2.53. The molecule has 13 heteroatoms. The summed E-state index contributed by atoms with van der Waals surface area (Å²) >= 11 is 0. The van der Waals surface area contributed by atoms with E-state index in [0.717, 1.165) is 30.3 Å². The number of halogens is 8. The minimum Gasteiger partial charge on any atom is -0.337 e. The van der Waals surface area contributed by atoms with Gasteiger partial charge in [-0.25, -0.2) is 17.2 Å². The Bertz CT molecular complexity index is 1340. The summed E-state index contributed by atoms with van der Waals surface area (Å²) in [5, 5.41) is 0. The normalized spacial score (nSPS) is 22.4. The molecule has 0 aromatic heterocycles. The molecule has 1 fully saturated rings. The number of fused-ring (bicyclic) bond motifs is 3. The largest absolute Gasteiger partial charge is 0.435 e. The van der Waals surface area contributed by atoms with E-state index < -0.39 is 55.9 Å².